The summed E-state index contributed by atoms with van der Waals surface area (Å²) in [5.41, 5.74) is 2.96. The zero-order valence-corrected chi connectivity index (χ0v) is 18.2. The number of fused-ring (bicyclic) bond motifs is 1. The van der Waals surface area contributed by atoms with E-state index in [1.165, 1.54) is 5.56 Å². The van der Waals surface area contributed by atoms with E-state index in [1.54, 1.807) is 0 Å². The van der Waals surface area contributed by atoms with Gasteiger partial charge in [0.25, 0.3) is 0 Å². The van der Waals surface area contributed by atoms with Crippen LogP contribution >= 0.6 is 0 Å². The first-order valence-electron chi connectivity index (χ1n) is 11.4. The van der Waals surface area contributed by atoms with Crippen LogP contribution in [0.1, 0.15) is 35.3 Å². The van der Waals surface area contributed by atoms with Crippen LogP contribution in [0, 0.1) is 5.92 Å². The first-order valence-corrected chi connectivity index (χ1v) is 11.4. The number of Topliss-reactive ketones (excluding diaryl/α,β-unsaturated/α-hetero) is 1. The second-order valence-electron chi connectivity index (χ2n) is 8.65. The van der Waals surface area contributed by atoms with Gasteiger partial charge in [0.1, 0.15) is 11.5 Å². The minimum Gasteiger partial charge on any atom is -0.457 e. The highest BCUT2D eigenvalue weighted by Gasteiger charge is 2.23. The molecule has 4 nitrogen and oxygen atoms in total. The Bertz CT molecular complexity index is 1180. The first-order chi connectivity index (χ1) is 15.7. The molecule has 0 unspecified atom stereocenters. The standard InChI is InChI=1S/C28H28N2O2/c31-27(18-21-14-16-30(17-15-21)20-22-8-3-1-4-9-22)26-19-24-25(29-26)12-7-13-28(24)32-23-10-5-2-6-11-23/h1-13,19,21,29H,14-18,20H2. The number of aromatic amines is 1. The number of hydrogen-bond acceptors (Lipinski definition) is 3. The number of likely N-dealkylation sites (tertiary alicyclic amines) is 1. The Balaban J connectivity index is 1.21. The van der Waals surface area contributed by atoms with Crippen LogP contribution in [0.3, 0.4) is 0 Å². The lowest BCUT2D eigenvalue weighted by Gasteiger charge is -2.31. The molecule has 1 fully saturated rings. The molecule has 1 aromatic heterocycles. The molecule has 0 radical (unpaired) electrons. The number of piperidine rings is 1. The van der Waals surface area contributed by atoms with E-state index in [9.17, 15) is 4.79 Å². The van der Waals surface area contributed by atoms with Crippen LogP contribution in [-0.2, 0) is 6.54 Å². The Morgan fingerprint density at radius 3 is 2.38 bits per heavy atom. The number of aromatic nitrogens is 1. The monoisotopic (exact) mass is 424 g/mol. The highest BCUT2D eigenvalue weighted by Crippen LogP contribution is 2.31. The molecule has 32 heavy (non-hydrogen) atoms. The molecule has 0 saturated carbocycles. The molecule has 1 aliphatic heterocycles. The number of carbonyl (C=O) groups excluding carboxylic acids is 1. The Hall–Kier alpha value is -3.37. The highest BCUT2D eigenvalue weighted by atomic mass is 16.5. The van der Waals surface area contributed by atoms with Gasteiger partial charge in [-0.1, -0.05) is 54.6 Å². The largest absolute Gasteiger partial charge is 0.457 e. The van der Waals surface area contributed by atoms with Gasteiger partial charge < -0.3 is 9.72 Å². The summed E-state index contributed by atoms with van der Waals surface area (Å²) in [7, 11) is 0. The minimum absolute atomic E-state index is 0.188. The number of nitrogens with one attached hydrogen (secondary N) is 1. The second kappa shape index (κ2) is 9.41. The van der Waals surface area contributed by atoms with Crippen molar-refractivity contribution in [3.63, 3.8) is 0 Å². The molecule has 1 saturated heterocycles. The van der Waals surface area contributed by atoms with Crippen molar-refractivity contribution in [2.75, 3.05) is 13.1 Å². The Morgan fingerprint density at radius 2 is 1.62 bits per heavy atom. The molecule has 0 bridgehead atoms. The molecule has 4 heteroatoms. The topological polar surface area (TPSA) is 45.3 Å². The third-order valence-electron chi connectivity index (χ3n) is 6.33. The number of carbonyl (C=O) groups is 1. The molecule has 3 aromatic carbocycles. The molecular formula is C28H28N2O2. The minimum atomic E-state index is 0.188. The molecule has 0 spiro atoms. The molecule has 0 aliphatic carbocycles. The molecule has 4 aromatic rings. The summed E-state index contributed by atoms with van der Waals surface area (Å²) in [5, 5.41) is 0.942. The molecule has 0 amide bonds. The zero-order chi connectivity index (χ0) is 21.8. The molecule has 2 heterocycles. The van der Waals surface area contributed by atoms with Crippen LogP contribution < -0.4 is 4.74 Å². The number of benzene rings is 3. The van der Waals surface area contributed by atoms with E-state index in [0.29, 0.717) is 18.0 Å². The van der Waals surface area contributed by atoms with Crippen molar-refractivity contribution in [1.29, 1.82) is 0 Å². The van der Waals surface area contributed by atoms with Gasteiger partial charge in [0, 0.05) is 23.9 Å². The van der Waals surface area contributed by atoms with Crippen LogP contribution in [0.2, 0.25) is 0 Å². The summed E-state index contributed by atoms with van der Waals surface area (Å²) in [5.74, 6) is 2.18. The molecule has 162 valence electrons. The van der Waals surface area contributed by atoms with E-state index in [2.05, 4.69) is 40.2 Å². The number of ketones is 1. The first kappa shape index (κ1) is 20.5. The molecule has 1 aliphatic rings. The highest BCUT2D eigenvalue weighted by molar-refractivity contribution is 6.01. The third kappa shape index (κ3) is 4.76. The fourth-order valence-electron chi connectivity index (χ4n) is 4.54. The van der Waals surface area contributed by atoms with Crippen molar-refractivity contribution >= 4 is 16.7 Å². The molecule has 1 N–H and O–H groups in total. The average Bonchev–Trinajstić information content (AvgIpc) is 3.28. The second-order valence-corrected chi connectivity index (χ2v) is 8.65. The van der Waals surface area contributed by atoms with E-state index in [0.717, 1.165) is 54.9 Å². The van der Waals surface area contributed by atoms with Crippen LogP contribution in [0.25, 0.3) is 10.9 Å². The van der Waals surface area contributed by atoms with E-state index in [-0.39, 0.29) is 5.78 Å². The molecular weight excluding hydrogens is 396 g/mol. The van der Waals surface area contributed by atoms with Crippen LogP contribution in [-0.4, -0.2) is 28.8 Å². The Labute approximate surface area is 188 Å². The number of H-pyrrole nitrogens is 1. The SMILES string of the molecule is O=C(CC1CCN(Cc2ccccc2)CC1)c1cc2c(Oc3ccccc3)cccc2[nH]1. The predicted octanol–water partition coefficient (Wildman–Crippen LogP) is 6.45. The summed E-state index contributed by atoms with van der Waals surface area (Å²) in [6.07, 6.45) is 2.74. The van der Waals surface area contributed by atoms with Gasteiger partial charge in [-0.25, -0.2) is 0 Å². The quantitative estimate of drug-likeness (QED) is 0.347. The zero-order valence-electron chi connectivity index (χ0n) is 18.2. The van der Waals surface area contributed by atoms with Crippen molar-refractivity contribution in [2.45, 2.75) is 25.8 Å². The lowest BCUT2D eigenvalue weighted by atomic mass is 9.91. The van der Waals surface area contributed by atoms with Crippen molar-refractivity contribution in [1.82, 2.24) is 9.88 Å². The normalized spacial score (nSPS) is 15.1. The summed E-state index contributed by atoms with van der Waals surface area (Å²) >= 11 is 0. The van der Waals surface area contributed by atoms with Gasteiger partial charge >= 0.3 is 0 Å². The lowest BCUT2D eigenvalue weighted by molar-refractivity contribution is 0.0921. The Kier molecular flexibility index (Phi) is 6.04. The third-order valence-corrected chi connectivity index (χ3v) is 6.33. The van der Waals surface area contributed by atoms with E-state index in [1.807, 2.05) is 54.6 Å². The lowest BCUT2D eigenvalue weighted by Crippen LogP contribution is -2.33. The van der Waals surface area contributed by atoms with E-state index in [4.69, 9.17) is 4.74 Å². The van der Waals surface area contributed by atoms with Gasteiger partial charge in [-0.15, -0.1) is 0 Å². The van der Waals surface area contributed by atoms with Gasteiger partial charge in [0.15, 0.2) is 5.78 Å². The summed E-state index contributed by atoms with van der Waals surface area (Å²) in [6.45, 7) is 3.09. The van der Waals surface area contributed by atoms with Crippen LogP contribution in [0.5, 0.6) is 11.5 Å². The van der Waals surface area contributed by atoms with Gasteiger partial charge in [-0.05, 0) is 67.7 Å². The van der Waals surface area contributed by atoms with Crippen molar-refractivity contribution in [3.05, 3.63) is 96.2 Å². The summed E-state index contributed by atoms with van der Waals surface area (Å²) < 4.78 is 6.06. The molecule has 0 atom stereocenters. The predicted molar refractivity (Wildman–Crippen MR) is 128 cm³/mol. The number of para-hydroxylation sites is 1. The van der Waals surface area contributed by atoms with Crippen molar-refractivity contribution in [2.24, 2.45) is 5.92 Å². The van der Waals surface area contributed by atoms with Crippen LogP contribution in [0.15, 0.2) is 84.9 Å². The van der Waals surface area contributed by atoms with Gasteiger partial charge in [-0.2, -0.15) is 0 Å². The Morgan fingerprint density at radius 1 is 0.906 bits per heavy atom. The number of hydrogen-bond donors (Lipinski definition) is 1. The van der Waals surface area contributed by atoms with E-state index < -0.39 is 0 Å². The smallest absolute Gasteiger partial charge is 0.179 e. The van der Waals surface area contributed by atoms with E-state index >= 15 is 0 Å². The van der Waals surface area contributed by atoms with Crippen molar-refractivity contribution < 1.29 is 9.53 Å². The summed E-state index contributed by atoms with van der Waals surface area (Å²) in [4.78, 5) is 18.8. The fourth-order valence-corrected chi connectivity index (χ4v) is 4.54. The fraction of sp³-hybridized carbons (Fsp3) is 0.250. The van der Waals surface area contributed by atoms with Gasteiger partial charge in [-0.3, -0.25) is 9.69 Å². The number of nitrogens with zero attached hydrogens (tertiary/aromatic N) is 1. The maximum absolute atomic E-state index is 13.0. The summed E-state index contributed by atoms with van der Waals surface area (Å²) in [6, 6.07) is 28.2. The van der Waals surface area contributed by atoms with Gasteiger partial charge in [0.2, 0.25) is 0 Å². The van der Waals surface area contributed by atoms with Crippen LogP contribution in [0.4, 0.5) is 0 Å². The van der Waals surface area contributed by atoms with Crippen molar-refractivity contribution in [3.8, 4) is 11.5 Å². The maximum Gasteiger partial charge on any atom is 0.179 e. The van der Waals surface area contributed by atoms with Gasteiger partial charge in [0.05, 0.1) is 5.69 Å². The molecule has 5 rings (SSSR count). The average molecular weight is 425 g/mol. The number of rotatable bonds is 7. The number of ether oxygens (including phenoxy) is 1. The maximum atomic E-state index is 13.0.